The van der Waals surface area contributed by atoms with Crippen LogP contribution in [0.4, 0.5) is 0 Å². The minimum Gasteiger partial charge on any atom is -0.466 e. The fraction of sp³-hybridized carbons (Fsp3) is 0.880. The predicted molar refractivity (Wildman–Crippen MR) is 124 cm³/mol. The highest BCUT2D eigenvalue weighted by Crippen LogP contribution is 2.10. The van der Waals surface area contributed by atoms with Gasteiger partial charge in [0.15, 0.2) is 0 Å². The van der Waals surface area contributed by atoms with Crippen LogP contribution in [0.3, 0.4) is 0 Å². The third kappa shape index (κ3) is 25.1. The van der Waals surface area contributed by atoms with Crippen molar-refractivity contribution >= 4 is 5.97 Å². The highest BCUT2D eigenvalue weighted by molar-refractivity contribution is 5.69. The summed E-state index contributed by atoms with van der Waals surface area (Å²) in [6.45, 7) is 4.58. The van der Waals surface area contributed by atoms with Crippen LogP contribution in [0.2, 0.25) is 0 Å². The van der Waals surface area contributed by atoms with Crippen molar-refractivity contribution in [3.63, 3.8) is 0 Å². The molecule has 4 nitrogen and oxygen atoms in total. The maximum Gasteiger partial charge on any atom is 0.305 e. The first-order chi connectivity index (χ1) is 14.3. The summed E-state index contributed by atoms with van der Waals surface area (Å²) in [6, 6.07) is 0. The molecular formula is C25H49NO3. The number of hydrogen-bond donors (Lipinski definition) is 2. The average Bonchev–Trinajstić information content (AvgIpc) is 2.72. The monoisotopic (exact) mass is 411 g/mol. The van der Waals surface area contributed by atoms with E-state index in [1.165, 1.54) is 70.6 Å². The molecule has 29 heavy (non-hydrogen) atoms. The van der Waals surface area contributed by atoms with Gasteiger partial charge >= 0.3 is 5.97 Å². The first-order valence-corrected chi connectivity index (χ1v) is 12.4. The summed E-state index contributed by atoms with van der Waals surface area (Å²) in [4.78, 5) is 11.7. The first-order valence-electron chi connectivity index (χ1n) is 12.4. The van der Waals surface area contributed by atoms with E-state index < -0.39 is 0 Å². The normalized spacial score (nSPS) is 11.4. The predicted octanol–water partition coefficient (Wildman–Crippen LogP) is 6.32. The zero-order valence-corrected chi connectivity index (χ0v) is 19.3. The molecule has 0 aromatic carbocycles. The van der Waals surface area contributed by atoms with Gasteiger partial charge in [-0.3, -0.25) is 4.79 Å². The average molecular weight is 412 g/mol. The number of carbonyl (C=O) groups excluding carboxylic acids is 1. The van der Waals surface area contributed by atoms with E-state index in [-0.39, 0.29) is 12.6 Å². The third-order valence-corrected chi connectivity index (χ3v) is 5.19. The molecule has 0 bridgehead atoms. The van der Waals surface area contributed by atoms with E-state index >= 15 is 0 Å². The Kier molecular flexibility index (Phi) is 24.4. The molecule has 0 amide bonds. The summed E-state index contributed by atoms with van der Waals surface area (Å²) in [5, 5.41) is 11.8. The second-order valence-corrected chi connectivity index (χ2v) is 8.09. The summed E-state index contributed by atoms with van der Waals surface area (Å²) in [7, 11) is 0. The lowest BCUT2D eigenvalue weighted by Crippen LogP contribution is -2.19. The standard InChI is InChI=1S/C25H49NO3/c1-2-3-4-5-6-7-8-9-10-11-12-13-14-15-17-20-25(28)29-24-19-16-18-21-26-22-23-27/h9-10,26-27H,2-8,11-24H2,1H3/b10-9-. The van der Waals surface area contributed by atoms with Gasteiger partial charge in [0, 0.05) is 13.0 Å². The molecule has 0 atom stereocenters. The molecule has 0 saturated carbocycles. The molecule has 0 unspecified atom stereocenters. The topological polar surface area (TPSA) is 58.6 Å². The molecule has 0 aromatic rings. The van der Waals surface area contributed by atoms with Crippen molar-refractivity contribution in [1.29, 1.82) is 0 Å². The van der Waals surface area contributed by atoms with E-state index in [4.69, 9.17) is 9.84 Å². The minimum atomic E-state index is -0.0407. The zero-order chi connectivity index (χ0) is 21.3. The van der Waals surface area contributed by atoms with Gasteiger partial charge < -0.3 is 15.2 Å². The Balaban J connectivity index is 3.19. The van der Waals surface area contributed by atoms with E-state index in [0.717, 1.165) is 38.6 Å². The molecule has 4 heteroatoms. The Morgan fingerprint density at radius 1 is 0.759 bits per heavy atom. The Labute approximate surface area is 180 Å². The van der Waals surface area contributed by atoms with Crippen LogP contribution in [0.15, 0.2) is 12.2 Å². The highest BCUT2D eigenvalue weighted by Gasteiger charge is 2.02. The van der Waals surface area contributed by atoms with Crippen molar-refractivity contribution in [2.75, 3.05) is 26.3 Å². The van der Waals surface area contributed by atoms with Gasteiger partial charge in [-0.15, -0.1) is 0 Å². The maximum atomic E-state index is 11.7. The van der Waals surface area contributed by atoms with Crippen LogP contribution >= 0.6 is 0 Å². The lowest BCUT2D eigenvalue weighted by atomic mass is 10.1. The number of hydrogen-bond acceptors (Lipinski definition) is 4. The number of unbranched alkanes of at least 4 members (excludes halogenated alkanes) is 13. The first kappa shape index (κ1) is 28.1. The second-order valence-electron chi connectivity index (χ2n) is 8.09. The fourth-order valence-corrected chi connectivity index (χ4v) is 3.33. The molecule has 2 N–H and O–H groups in total. The molecule has 0 aliphatic rings. The Hall–Kier alpha value is -0.870. The Morgan fingerprint density at radius 2 is 1.34 bits per heavy atom. The van der Waals surface area contributed by atoms with Crippen LogP contribution in [0.1, 0.15) is 116 Å². The number of nitrogens with one attached hydrogen (secondary N) is 1. The highest BCUT2D eigenvalue weighted by atomic mass is 16.5. The number of ether oxygens (including phenoxy) is 1. The molecular weight excluding hydrogens is 362 g/mol. The van der Waals surface area contributed by atoms with Crippen LogP contribution in [-0.2, 0) is 9.53 Å². The van der Waals surface area contributed by atoms with Crippen molar-refractivity contribution in [2.24, 2.45) is 0 Å². The Bertz CT molecular complexity index is 358. The minimum absolute atomic E-state index is 0.0407. The number of carbonyl (C=O) groups is 1. The van der Waals surface area contributed by atoms with E-state index in [1.54, 1.807) is 0 Å². The van der Waals surface area contributed by atoms with Crippen molar-refractivity contribution < 1.29 is 14.6 Å². The lowest BCUT2D eigenvalue weighted by Gasteiger charge is -2.05. The van der Waals surface area contributed by atoms with Gasteiger partial charge in [0.2, 0.25) is 0 Å². The second kappa shape index (κ2) is 25.2. The van der Waals surface area contributed by atoms with Crippen molar-refractivity contribution in [3.8, 4) is 0 Å². The number of esters is 1. The van der Waals surface area contributed by atoms with Crippen LogP contribution < -0.4 is 5.32 Å². The van der Waals surface area contributed by atoms with Crippen LogP contribution in [0.5, 0.6) is 0 Å². The fourth-order valence-electron chi connectivity index (χ4n) is 3.33. The summed E-state index contributed by atoms with van der Waals surface area (Å²) >= 11 is 0. The number of allylic oxidation sites excluding steroid dienone is 2. The van der Waals surface area contributed by atoms with Crippen molar-refractivity contribution in [1.82, 2.24) is 5.32 Å². The SMILES string of the molecule is CCCCCCCC/C=C\CCCCCCCC(=O)OCCCCCNCCO. The van der Waals surface area contributed by atoms with Gasteiger partial charge in [-0.05, 0) is 57.9 Å². The third-order valence-electron chi connectivity index (χ3n) is 5.19. The van der Waals surface area contributed by atoms with Crippen LogP contribution in [-0.4, -0.2) is 37.4 Å². The van der Waals surface area contributed by atoms with Gasteiger partial charge in [0.05, 0.1) is 13.2 Å². The molecule has 0 aliphatic heterocycles. The molecule has 0 aliphatic carbocycles. The summed E-state index contributed by atoms with van der Waals surface area (Å²) < 4.78 is 5.28. The molecule has 0 fully saturated rings. The van der Waals surface area contributed by atoms with Gasteiger partial charge in [0.1, 0.15) is 0 Å². The van der Waals surface area contributed by atoms with E-state index in [9.17, 15) is 4.79 Å². The summed E-state index contributed by atoms with van der Waals surface area (Å²) in [6.07, 6.45) is 24.9. The largest absolute Gasteiger partial charge is 0.466 e. The quantitative estimate of drug-likeness (QED) is 0.117. The van der Waals surface area contributed by atoms with Crippen LogP contribution in [0, 0.1) is 0 Å². The van der Waals surface area contributed by atoms with Gasteiger partial charge in [-0.2, -0.15) is 0 Å². The molecule has 0 heterocycles. The molecule has 0 radical (unpaired) electrons. The molecule has 172 valence electrons. The van der Waals surface area contributed by atoms with E-state index in [2.05, 4.69) is 24.4 Å². The van der Waals surface area contributed by atoms with Gasteiger partial charge in [-0.25, -0.2) is 0 Å². The maximum absolute atomic E-state index is 11.7. The van der Waals surface area contributed by atoms with Gasteiger partial charge in [0.25, 0.3) is 0 Å². The Morgan fingerprint density at radius 3 is 2.00 bits per heavy atom. The molecule has 0 saturated heterocycles. The van der Waals surface area contributed by atoms with Crippen molar-refractivity contribution in [2.45, 2.75) is 116 Å². The van der Waals surface area contributed by atoms with E-state index in [0.29, 0.717) is 19.6 Å². The number of rotatable bonds is 23. The number of aliphatic hydroxyl groups excluding tert-OH is 1. The molecule has 0 spiro atoms. The summed E-state index contributed by atoms with van der Waals surface area (Å²) in [5.41, 5.74) is 0. The van der Waals surface area contributed by atoms with Crippen LogP contribution in [0.25, 0.3) is 0 Å². The number of aliphatic hydroxyl groups is 1. The smallest absolute Gasteiger partial charge is 0.305 e. The molecule has 0 aromatic heterocycles. The van der Waals surface area contributed by atoms with Gasteiger partial charge in [-0.1, -0.05) is 70.4 Å². The molecule has 0 rings (SSSR count). The lowest BCUT2D eigenvalue weighted by molar-refractivity contribution is -0.143. The van der Waals surface area contributed by atoms with E-state index in [1.807, 2.05) is 0 Å². The summed E-state index contributed by atoms with van der Waals surface area (Å²) in [5.74, 6) is -0.0407. The zero-order valence-electron chi connectivity index (χ0n) is 19.3. The van der Waals surface area contributed by atoms with Crippen molar-refractivity contribution in [3.05, 3.63) is 12.2 Å².